The van der Waals surface area contributed by atoms with Crippen molar-refractivity contribution in [3.05, 3.63) is 59.4 Å². The number of para-hydroxylation sites is 2. The minimum absolute atomic E-state index is 0.434. The van der Waals surface area contributed by atoms with E-state index in [1.165, 1.54) is 5.56 Å². The summed E-state index contributed by atoms with van der Waals surface area (Å²) < 4.78 is 11.0. The zero-order chi connectivity index (χ0) is 18.8. The summed E-state index contributed by atoms with van der Waals surface area (Å²) in [5, 5.41) is 0. The highest BCUT2D eigenvalue weighted by Crippen LogP contribution is 2.36. The van der Waals surface area contributed by atoms with Crippen LogP contribution >= 0.6 is 0 Å². The van der Waals surface area contributed by atoms with Gasteiger partial charge in [0.1, 0.15) is 11.5 Å². The third-order valence-electron chi connectivity index (χ3n) is 5.37. The van der Waals surface area contributed by atoms with Crippen LogP contribution in [0.15, 0.2) is 42.5 Å². The Bertz CT molecular complexity index is 957. The molecular weight excluding hydrogens is 338 g/mol. The summed E-state index contributed by atoms with van der Waals surface area (Å²) in [6, 6.07) is 14.1. The first kappa shape index (κ1) is 17.7. The van der Waals surface area contributed by atoms with Crippen molar-refractivity contribution in [1.29, 1.82) is 0 Å². The Labute approximate surface area is 160 Å². The predicted molar refractivity (Wildman–Crippen MR) is 106 cm³/mol. The number of hydrogen-bond donors (Lipinski definition) is 0. The van der Waals surface area contributed by atoms with Gasteiger partial charge in [0, 0.05) is 24.6 Å². The minimum atomic E-state index is 0.434. The summed E-state index contributed by atoms with van der Waals surface area (Å²) in [6.45, 7) is 4.90. The van der Waals surface area contributed by atoms with E-state index >= 15 is 0 Å². The highest BCUT2D eigenvalue weighted by atomic mass is 16.5. The lowest BCUT2D eigenvalue weighted by Gasteiger charge is -2.18. The van der Waals surface area contributed by atoms with Gasteiger partial charge < -0.3 is 9.47 Å². The molecule has 3 aromatic rings. The van der Waals surface area contributed by atoms with Crippen LogP contribution in [-0.2, 0) is 6.54 Å². The third kappa shape index (κ3) is 3.60. The summed E-state index contributed by atoms with van der Waals surface area (Å²) in [5.41, 5.74) is 5.21. The zero-order valence-corrected chi connectivity index (χ0v) is 16.1. The highest BCUT2D eigenvalue weighted by Gasteiger charge is 2.27. The first-order chi connectivity index (χ1) is 13.2. The molecule has 5 heteroatoms. The second kappa shape index (κ2) is 7.53. The molecule has 2 aromatic carbocycles. The zero-order valence-electron chi connectivity index (χ0n) is 16.1. The number of aryl methyl sites for hydroxylation is 1. The fourth-order valence-corrected chi connectivity index (χ4v) is 3.87. The van der Waals surface area contributed by atoms with Crippen LogP contribution in [0.4, 0.5) is 0 Å². The van der Waals surface area contributed by atoms with Gasteiger partial charge in [-0.2, -0.15) is 0 Å². The lowest BCUT2D eigenvalue weighted by molar-refractivity contribution is 0.320. The molecule has 1 fully saturated rings. The van der Waals surface area contributed by atoms with Gasteiger partial charge >= 0.3 is 0 Å². The molecule has 5 nitrogen and oxygen atoms in total. The van der Waals surface area contributed by atoms with Crippen LogP contribution < -0.4 is 9.47 Å². The molecule has 0 saturated carbocycles. The quantitative estimate of drug-likeness (QED) is 0.687. The van der Waals surface area contributed by atoms with Crippen molar-refractivity contribution in [2.75, 3.05) is 27.3 Å². The van der Waals surface area contributed by atoms with Gasteiger partial charge in [-0.1, -0.05) is 12.1 Å². The van der Waals surface area contributed by atoms with E-state index in [-0.39, 0.29) is 0 Å². The number of ether oxygens (including phenoxy) is 2. The molecule has 1 atom stereocenters. The minimum Gasteiger partial charge on any atom is -0.497 e. The molecule has 140 valence electrons. The first-order valence-corrected chi connectivity index (χ1v) is 9.34. The molecule has 4 rings (SSSR count). The van der Waals surface area contributed by atoms with Gasteiger partial charge in [0.05, 0.1) is 36.6 Å². The topological polar surface area (TPSA) is 47.5 Å². The Kier molecular flexibility index (Phi) is 4.94. The summed E-state index contributed by atoms with van der Waals surface area (Å²) in [7, 11) is 3.43. The number of likely N-dealkylation sites (tertiary alicyclic amines) is 1. The van der Waals surface area contributed by atoms with Crippen LogP contribution in [0.3, 0.4) is 0 Å². The Morgan fingerprint density at radius 3 is 2.56 bits per heavy atom. The molecule has 0 N–H and O–H groups in total. The molecule has 0 radical (unpaired) electrons. The maximum absolute atomic E-state index is 5.58. The second-order valence-corrected chi connectivity index (χ2v) is 7.07. The molecule has 1 aromatic heterocycles. The molecule has 0 bridgehead atoms. The number of fused-ring (bicyclic) bond motifs is 1. The first-order valence-electron chi connectivity index (χ1n) is 9.34. The normalized spacial score (nSPS) is 17.4. The van der Waals surface area contributed by atoms with Gasteiger partial charge in [-0.15, -0.1) is 0 Å². The molecule has 1 aliphatic rings. The number of nitrogens with zero attached hydrogens (tertiary/aromatic N) is 3. The standard InChI is InChI=1S/C22H25N3O2/c1-15-21(24-20-7-5-4-6-19(20)23-15)14-25-11-10-16(13-25)18-12-17(26-2)8-9-22(18)27-3/h4-9,12,16H,10-11,13-14H2,1-3H3/t16-/m1/s1. The predicted octanol–water partition coefficient (Wildman–Crippen LogP) is 3.94. The number of rotatable bonds is 5. The van der Waals surface area contributed by atoms with E-state index in [0.29, 0.717) is 5.92 Å². The molecule has 1 aliphatic heterocycles. The Morgan fingerprint density at radius 2 is 1.81 bits per heavy atom. The largest absolute Gasteiger partial charge is 0.497 e. The van der Waals surface area contributed by atoms with Gasteiger partial charge in [-0.05, 0) is 50.2 Å². The van der Waals surface area contributed by atoms with Crippen molar-refractivity contribution in [3.63, 3.8) is 0 Å². The van der Waals surface area contributed by atoms with Crippen LogP contribution in [-0.4, -0.2) is 42.2 Å². The summed E-state index contributed by atoms with van der Waals surface area (Å²) in [4.78, 5) is 12.0. The van der Waals surface area contributed by atoms with Gasteiger partial charge in [-0.3, -0.25) is 4.90 Å². The fraction of sp³-hybridized carbons (Fsp3) is 0.364. The van der Waals surface area contributed by atoms with E-state index in [0.717, 1.165) is 60.0 Å². The lowest BCUT2D eigenvalue weighted by atomic mass is 9.97. The van der Waals surface area contributed by atoms with E-state index in [2.05, 4.69) is 11.0 Å². The maximum Gasteiger partial charge on any atom is 0.122 e. The van der Waals surface area contributed by atoms with Crippen LogP contribution in [0.2, 0.25) is 0 Å². The molecular formula is C22H25N3O2. The van der Waals surface area contributed by atoms with Crippen molar-refractivity contribution >= 4 is 11.0 Å². The van der Waals surface area contributed by atoms with Crippen molar-refractivity contribution in [1.82, 2.24) is 14.9 Å². The van der Waals surface area contributed by atoms with Gasteiger partial charge in [0.15, 0.2) is 0 Å². The lowest BCUT2D eigenvalue weighted by Crippen LogP contribution is -2.21. The molecule has 0 spiro atoms. The average Bonchev–Trinajstić information content (AvgIpc) is 3.16. The van der Waals surface area contributed by atoms with E-state index in [4.69, 9.17) is 19.4 Å². The fourth-order valence-electron chi connectivity index (χ4n) is 3.87. The van der Waals surface area contributed by atoms with Crippen molar-refractivity contribution in [2.24, 2.45) is 0 Å². The maximum atomic E-state index is 5.58. The molecule has 27 heavy (non-hydrogen) atoms. The highest BCUT2D eigenvalue weighted by molar-refractivity contribution is 5.74. The SMILES string of the molecule is COc1ccc(OC)c([C@@H]2CCN(Cc3nc4ccccc4nc3C)C2)c1. The number of benzene rings is 2. The van der Waals surface area contributed by atoms with Gasteiger partial charge in [0.2, 0.25) is 0 Å². The van der Waals surface area contributed by atoms with Crippen LogP contribution in [0.1, 0.15) is 29.3 Å². The van der Waals surface area contributed by atoms with Crippen LogP contribution in [0.25, 0.3) is 11.0 Å². The molecule has 0 aliphatic carbocycles. The Hall–Kier alpha value is -2.66. The number of hydrogen-bond acceptors (Lipinski definition) is 5. The van der Waals surface area contributed by atoms with E-state index in [1.807, 2.05) is 43.3 Å². The molecule has 1 saturated heterocycles. The monoisotopic (exact) mass is 363 g/mol. The molecule has 2 heterocycles. The Balaban J connectivity index is 1.53. The van der Waals surface area contributed by atoms with E-state index in [9.17, 15) is 0 Å². The number of aromatic nitrogens is 2. The van der Waals surface area contributed by atoms with Crippen molar-refractivity contribution in [2.45, 2.75) is 25.8 Å². The van der Waals surface area contributed by atoms with Crippen LogP contribution in [0.5, 0.6) is 11.5 Å². The van der Waals surface area contributed by atoms with E-state index in [1.54, 1.807) is 14.2 Å². The van der Waals surface area contributed by atoms with Crippen LogP contribution in [0, 0.1) is 6.92 Å². The van der Waals surface area contributed by atoms with Crippen molar-refractivity contribution in [3.8, 4) is 11.5 Å². The smallest absolute Gasteiger partial charge is 0.122 e. The van der Waals surface area contributed by atoms with Crippen molar-refractivity contribution < 1.29 is 9.47 Å². The molecule has 0 unspecified atom stereocenters. The van der Waals surface area contributed by atoms with E-state index < -0.39 is 0 Å². The molecule has 0 amide bonds. The summed E-state index contributed by atoms with van der Waals surface area (Å²) >= 11 is 0. The third-order valence-corrected chi connectivity index (χ3v) is 5.37. The summed E-state index contributed by atoms with van der Waals surface area (Å²) in [6.07, 6.45) is 1.10. The van der Waals surface area contributed by atoms with Gasteiger partial charge in [0.25, 0.3) is 0 Å². The van der Waals surface area contributed by atoms with Gasteiger partial charge in [-0.25, -0.2) is 9.97 Å². The average molecular weight is 363 g/mol. The number of methoxy groups -OCH3 is 2. The second-order valence-electron chi connectivity index (χ2n) is 7.07. The Morgan fingerprint density at radius 1 is 1.04 bits per heavy atom. The summed E-state index contributed by atoms with van der Waals surface area (Å²) in [5.74, 6) is 2.24.